The summed E-state index contributed by atoms with van der Waals surface area (Å²) in [7, 11) is -1.27. The predicted molar refractivity (Wildman–Crippen MR) is 92.7 cm³/mol. The average Bonchev–Trinajstić information content (AvgIpc) is 2.43. The van der Waals surface area contributed by atoms with Crippen LogP contribution in [0, 0.1) is 13.8 Å². The van der Waals surface area contributed by atoms with E-state index in [1.807, 2.05) is 44.2 Å². The number of carbonyl (C=O) groups is 1. The highest BCUT2D eigenvalue weighted by Crippen LogP contribution is 2.19. The first-order chi connectivity index (χ1) is 10.5. The van der Waals surface area contributed by atoms with E-state index in [0.717, 1.165) is 22.4 Å². The number of anilines is 1. The average molecular weight is 336 g/mol. The van der Waals surface area contributed by atoms with E-state index in [4.69, 9.17) is 11.6 Å². The predicted octanol–water partition coefficient (Wildman–Crippen LogP) is 3.84. The van der Waals surface area contributed by atoms with Gasteiger partial charge in [-0.25, -0.2) is 0 Å². The number of aryl methyl sites for hydroxylation is 2. The van der Waals surface area contributed by atoms with E-state index in [0.29, 0.717) is 10.8 Å². The first-order valence-corrected chi connectivity index (χ1v) is 8.78. The molecule has 22 heavy (non-hydrogen) atoms. The molecule has 116 valence electrons. The lowest BCUT2D eigenvalue weighted by Gasteiger charge is -2.11. The number of hydrogen-bond donors (Lipinski definition) is 1. The summed E-state index contributed by atoms with van der Waals surface area (Å²) >= 11 is 5.90. The second kappa shape index (κ2) is 7.56. The van der Waals surface area contributed by atoms with Crippen LogP contribution in [-0.2, 0) is 21.3 Å². The Morgan fingerprint density at radius 2 is 1.77 bits per heavy atom. The van der Waals surface area contributed by atoms with Crippen molar-refractivity contribution in [2.24, 2.45) is 0 Å². The maximum absolute atomic E-state index is 12.1. The highest BCUT2D eigenvalue weighted by atomic mass is 35.5. The number of amides is 1. The van der Waals surface area contributed by atoms with Crippen molar-refractivity contribution >= 4 is 34.0 Å². The fraction of sp³-hybridized carbons (Fsp3) is 0.235. The molecule has 0 aliphatic heterocycles. The van der Waals surface area contributed by atoms with E-state index in [1.54, 1.807) is 12.1 Å². The van der Waals surface area contributed by atoms with Gasteiger partial charge in [-0.2, -0.15) is 0 Å². The summed E-state index contributed by atoms with van der Waals surface area (Å²) in [5, 5.41) is 3.45. The number of nitrogens with one attached hydrogen (secondary N) is 1. The first kappa shape index (κ1) is 16.7. The van der Waals surface area contributed by atoms with Gasteiger partial charge in [0.25, 0.3) is 0 Å². The van der Waals surface area contributed by atoms with E-state index in [9.17, 15) is 9.00 Å². The van der Waals surface area contributed by atoms with Crippen LogP contribution in [0.3, 0.4) is 0 Å². The van der Waals surface area contributed by atoms with Gasteiger partial charge < -0.3 is 5.32 Å². The summed E-state index contributed by atoms with van der Waals surface area (Å²) in [5.41, 5.74) is 3.65. The van der Waals surface area contributed by atoms with Crippen LogP contribution in [0.2, 0.25) is 5.02 Å². The van der Waals surface area contributed by atoms with Crippen molar-refractivity contribution in [3.05, 3.63) is 64.2 Å². The third-order valence-corrected chi connectivity index (χ3v) is 4.73. The summed E-state index contributed by atoms with van der Waals surface area (Å²) in [6, 6.07) is 13.0. The normalized spacial score (nSPS) is 12.0. The molecule has 0 aliphatic rings. The molecule has 2 rings (SSSR count). The van der Waals surface area contributed by atoms with Gasteiger partial charge >= 0.3 is 0 Å². The van der Waals surface area contributed by atoms with Crippen LogP contribution in [0.1, 0.15) is 16.7 Å². The van der Waals surface area contributed by atoms with E-state index < -0.39 is 10.8 Å². The molecule has 0 bridgehead atoms. The SMILES string of the molecule is Cc1cccc(C)c1NC(=O)C[S@](=O)Cc1cccc(Cl)c1. The van der Waals surface area contributed by atoms with E-state index >= 15 is 0 Å². The standard InChI is InChI=1S/C17H18ClNO2S/c1-12-5-3-6-13(2)17(12)19-16(20)11-22(21)10-14-7-4-8-15(18)9-14/h3-9H,10-11H2,1-2H3,(H,19,20)/t22-/m1/s1. The van der Waals surface area contributed by atoms with Crippen molar-refractivity contribution in [1.29, 1.82) is 0 Å². The molecular formula is C17H18ClNO2S. The quantitative estimate of drug-likeness (QED) is 0.902. The maximum Gasteiger partial charge on any atom is 0.237 e. The third-order valence-electron chi connectivity index (χ3n) is 3.25. The lowest BCUT2D eigenvalue weighted by Crippen LogP contribution is -2.21. The number of hydrogen-bond acceptors (Lipinski definition) is 2. The molecule has 0 heterocycles. The first-order valence-electron chi connectivity index (χ1n) is 6.91. The highest BCUT2D eigenvalue weighted by Gasteiger charge is 2.11. The van der Waals surface area contributed by atoms with Crippen LogP contribution in [-0.4, -0.2) is 15.9 Å². The molecule has 2 aromatic carbocycles. The van der Waals surface area contributed by atoms with Crippen LogP contribution >= 0.6 is 11.6 Å². The molecule has 0 spiro atoms. The Morgan fingerprint density at radius 1 is 1.14 bits per heavy atom. The Labute approximate surface area is 138 Å². The molecule has 2 aromatic rings. The van der Waals surface area contributed by atoms with Gasteiger partial charge in [-0.1, -0.05) is 41.9 Å². The van der Waals surface area contributed by atoms with Gasteiger partial charge in [0.2, 0.25) is 5.91 Å². The molecule has 0 unspecified atom stereocenters. The fourth-order valence-corrected chi connectivity index (χ4v) is 3.43. The Kier molecular flexibility index (Phi) is 5.75. The summed E-state index contributed by atoms with van der Waals surface area (Å²) in [6.45, 7) is 3.87. The number of para-hydroxylation sites is 1. The number of halogens is 1. The molecule has 1 atom stereocenters. The Hall–Kier alpha value is -1.65. The minimum Gasteiger partial charge on any atom is -0.325 e. The van der Waals surface area contributed by atoms with Crippen LogP contribution in [0.4, 0.5) is 5.69 Å². The van der Waals surface area contributed by atoms with Gasteiger partial charge in [0.15, 0.2) is 0 Å². The fourth-order valence-electron chi connectivity index (χ4n) is 2.20. The summed E-state index contributed by atoms with van der Waals surface area (Å²) in [4.78, 5) is 12.1. The van der Waals surface area contributed by atoms with E-state index in [2.05, 4.69) is 5.32 Å². The van der Waals surface area contributed by atoms with Crippen molar-refractivity contribution in [2.75, 3.05) is 11.1 Å². The number of rotatable bonds is 5. The van der Waals surface area contributed by atoms with Gasteiger partial charge in [0.05, 0.1) is 0 Å². The molecule has 5 heteroatoms. The Bertz CT molecular complexity index is 695. The summed E-state index contributed by atoms with van der Waals surface area (Å²) < 4.78 is 12.1. The Morgan fingerprint density at radius 3 is 2.41 bits per heavy atom. The van der Waals surface area contributed by atoms with Crippen LogP contribution in [0.25, 0.3) is 0 Å². The molecule has 0 aliphatic carbocycles. The molecule has 1 N–H and O–H groups in total. The lowest BCUT2D eigenvalue weighted by atomic mass is 10.1. The number of benzene rings is 2. The lowest BCUT2D eigenvalue weighted by molar-refractivity contribution is -0.113. The van der Waals surface area contributed by atoms with Crippen molar-refractivity contribution in [1.82, 2.24) is 0 Å². The molecular weight excluding hydrogens is 318 g/mol. The molecule has 3 nitrogen and oxygen atoms in total. The topological polar surface area (TPSA) is 46.2 Å². The summed E-state index contributed by atoms with van der Waals surface area (Å²) in [6.07, 6.45) is 0. The number of carbonyl (C=O) groups excluding carboxylic acids is 1. The van der Waals surface area contributed by atoms with Gasteiger partial charge in [-0.05, 0) is 42.7 Å². The zero-order chi connectivity index (χ0) is 16.1. The van der Waals surface area contributed by atoms with Gasteiger partial charge in [-0.15, -0.1) is 0 Å². The maximum atomic E-state index is 12.1. The zero-order valence-corrected chi connectivity index (χ0v) is 14.1. The molecule has 0 saturated carbocycles. The van der Waals surface area contributed by atoms with E-state index in [1.165, 1.54) is 0 Å². The van der Waals surface area contributed by atoms with Crippen molar-refractivity contribution in [3.63, 3.8) is 0 Å². The zero-order valence-electron chi connectivity index (χ0n) is 12.6. The molecule has 0 radical (unpaired) electrons. The minimum atomic E-state index is -1.27. The molecule has 1 amide bonds. The largest absolute Gasteiger partial charge is 0.325 e. The Balaban J connectivity index is 1.96. The molecule has 0 aromatic heterocycles. The highest BCUT2D eigenvalue weighted by molar-refractivity contribution is 7.84. The van der Waals surface area contributed by atoms with Crippen LogP contribution in [0.15, 0.2) is 42.5 Å². The van der Waals surface area contributed by atoms with Crippen LogP contribution in [0.5, 0.6) is 0 Å². The molecule has 0 fully saturated rings. The van der Waals surface area contributed by atoms with Crippen LogP contribution < -0.4 is 5.32 Å². The van der Waals surface area contributed by atoms with Gasteiger partial charge in [0.1, 0.15) is 5.75 Å². The van der Waals surface area contributed by atoms with Crippen molar-refractivity contribution in [2.45, 2.75) is 19.6 Å². The van der Waals surface area contributed by atoms with Crippen molar-refractivity contribution in [3.8, 4) is 0 Å². The third kappa shape index (κ3) is 4.68. The second-order valence-corrected chi connectivity index (χ2v) is 7.07. The van der Waals surface area contributed by atoms with Crippen molar-refractivity contribution < 1.29 is 9.00 Å². The molecule has 0 saturated heterocycles. The second-order valence-electron chi connectivity index (χ2n) is 5.17. The van der Waals surface area contributed by atoms with Gasteiger partial charge in [-0.3, -0.25) is 9.00 Å². The van der Waals surface area contributed by atoms with E-state index in [-0.39, 0.29) is 11.7 Å². The van der Waals surface area contributed by atoms with Gasteiger partial charge in [0, 0.05) is 27.3 Å². The monoisotopic (exact) mass is 335 g/mol. The smallest absolute Gasteiger partial charge is 0.237 e. The summed E-state index contributed by atoms with van der Waals surface area (Å²) in [5.74, 6) is 0.0545. The minimum absolute atomic E-state index is 0.0275.